The fourth-order valence-electron chi connectivity index (χ4n) is 4.15. The Morgan fingerprint density at radius 3 is 2.07 bits per heavy atom. The van der Waals surface area contributed by atoms with Crippen LogP contribution in [-0.4, -0.2) is 52.7 Å². The van der Waals surface area contributed by atoms with Crippen molar-refractivity contribution in [3.05, 3.63) is 18.1 Å². The molecule has 2 aliphatic heterocycles. The number of carbonyl (C=O) groups is 1. The summed E-state index contributed by atoms with van der Waals surface area (Å²) in [5.41, 5.74) is -1.40. The number of likely N-dealkylation sites (tertiary alicyclic amines) is 1. The summed E-state index contributed by atoms with van der Waals surface area (Å²) in [7, 11) is 0. The first-order chi connectivity index (χ1) is 13.5. The van der Waals surface area contributed by atoms with Crippen LogP contribution in [0.25, 0.3) is 0 Å². The van der Waals surface area contributed by atoms with E-state index in [1.165, 1.54) is 0 Å². The molecule has 0 bridgehead atoms. The second-order valence-electron chi connectivity index (χ2n) is 8.89. The molecule has 1 amide bonds. The maximum Gasteiger partial charge on any atom is 0.433 e. The zero-order valence-corrected chi connectivity index (χ0v) is 17.2. The molecule has 3 rings (SSSR count). The predicted molar refractivity (Wildman–Crippen MR) is 103 cm³/mol. The van der Waals surface area contributed by atoms with Gasteiger partial charge in [-0.05, 0) is 58.3 Å². The Morgan fingerprint density at radius 2 is 1.55 bits per heavy atom. The Hall–Kier alpha value is -2.06. The van der Waals surface area contributed by atoms with E-state index in [1.54, 1.807) is 4.90 Å². The Balaban J connectivity index is 1.49. The lowest BCUT2D eigenvalue weighted by Crippen LogP contribution is -2.44. The first-order valence-electron chi connectivity index (χ1n) is 10.1. The molecule has 0 aromatic carbocycles. The second kappa shape index (κ2) is 8.36. The van der Waals surface area contributed by atoms with Crippen molar-refractivity contribution in [2.75, 3.05) is 31.1 Å². The summed E-state index contributed by atoms with van der Waals surface area (Å²) < 4.78 is 44.1. The third-order valence-corrected chi connectivity index (χ3v) is 5.66. The van der Waals surface area contributed by atoms with Crippen LogP contribution < -0.4 is 4.90 Å². The summed E-state index contributed by atoms with van der Waals surface area (Å²) in [6.07, 6.45) is -0.0136. The minimum absolute atomic E-state index is 0.255. The molecule has 3 heterocycles. The van der Waals surface area contributed by atoms with Crippen LogP contribution in [0.5, 0.6) is 0 Å². The van der Waals surface area contributed by atoms with Gasteiger partial charge in [0, 0.05) is 32.2 Å². The predicted octanol–water partition coefficient (Wildman–Crippen LogP) is 4.36. The summed E-state index contributed by atoms with van der Waals surface area (Å²) in [6.45, 7) is 8.35. The van der Waals surface area contributed by atoms with Crippen molar-refractivity contribution >= 4 is 11.9 Å². The van der Waals surface area contributed by atoms with Crippen LogP contribution in [0, 0.1) is 11.8 Å². The molecule has 0 aliphatic carbocycles. The number of hydrogen-bond acceptors (Lipinski definition) is 5. The number of ether oxygens (including phenoxy) is 1. The maximum absolute atomic E-state index is 12.9. The first-order valence-corrected chi connectivity index (χ1v) is 10.1. The third-order valence-electron chi connectivity index (χ3n) is 5.66. The fraction of sp³-hybridized carbons (Fsp3) is 0.750. The molecule has 0 atom stereocenters. The van der Waals surface area contributed by atoms with Crippen LogP contribution in [0.3, 0.4) is 0 Å². The number of rotatable bonds is 2. The van der Waals surface area contributed by atoms with Gasteiger partial charge in [0.25, 0.3) is 0 Å². The highest BCUT2D eigenvalue weighted by molar-refractivity contribution is 5.68. The van der Waals surface area contributed by atoms with Crippen molar-refractivity contribution in [3.63, 3.8) is 0 Å². The lowest BCUT2D eigenvalue weighted by atomic mass is 9.79. The lowest BCUT2D eigenvalue weighted by molar-refractivity contribution is -0.141. The van der Waals surface area contributed by atoms with Gasteiger partial charge in [0.15, 0.2) is 0 Å². The molecular formula is C20H29F3N4O2. The average molecular weight is 414 g/mol. The van der Waals surface area contributed by atoms with Crippen molar-refractivity contribution in [2.45, 2.75) is 58.2 Å². The van der Waals surface area contributed by atoms with E-state index in [0.29, 0.717) is 43.8 Å². The number of halogens is 3. The summed E-state index contributed by atoms with van der Waals surface area (Å²) in [5, 5.41) is 0. The van der Waals surface area contributed by atoms with E-state index in [0.717, 1.165) is 38.1 Å². The van der Waals surface area contributed by atoms with Crippen molar-refractivity contribution in [2.24, 2.45) is 11.8 Å². The summed E-state index contributed by atoms with van der Waals surface area (Å²) in [6, 6.07) is 1.03. The normalized spacial score (nSPS) is 20.1. The molecule has 6 nitrogen and oxygen atoms in total. The fourth-order valence-corrected chi connectivity index (χ4v) is 4.15. The zero-order valence-electron chi connectivity index (χ0n) is 17.2. The number of piperidine rings is 2. The number of carbonyl (C=O) groups excluding carboxylic acids is 1. The van der Waals surface area contributed by atoms with E-state index in [4.69, 9.17) is 4.74 Å². The Morgan fingerprint density at radius 1 is 1.00 bits per heavy atom. The standard InChI is InChI=1S/C20H29F3N4O2/c1-19(2,3)29-18(28)27-10-6-15(7-11-27)14-4-8-26(9-5-14)17-12-16(20(21,22)23)24-13-25-17/h12-15H,4-11H2,1-3H3. The number of aromatic nitrogens is 2. The molecule has 2 saturated heterocycles. The minimum Gasteiger partial charge on any atom is -0.444 e. The van der Waals surface area contributed by atoms with E-state index in [2.05, 4.69) is 9.97 Å². The van der Waals surface area contributed by atoms with Crippen molar-refractivity contribution in [1.29, 1.82) is 0 Å². The molecule has 29 heavy (non-hydrogen) atoms. The smallest absolute Gasteiger partial charge is 0.433 e. The van der Waals surface area contributed by atoms with Gasteiger partial charge < -0.3 is 14.5 Å². The monoisotopic (exact) mass is 414 g/mol. The first kappa shape index (κ1) is 21.6. The van der Waals surface area contributed by atoms with Crippen molar-refractivity contribution in [1.82, 2.24) is 14.9 Å². The summed E-state index contributed by atoms with van der Waals surface area (Å²) >= 11 is 0. The molecule has 1 aromatic rings. The van der Waals surface area contributed by atoms with E-state index in [1.807, 2.05) is 25.7 Å². The molecule has 9 heteroatoms. The van der Waals surface area contributed by atoms with E-state index in [-0.39, 0.29) is 6.09 Å². The van der Waals surface area contributed by atoms with Gasteiger partial charge in [-0.3, -0.25) is 0 Å². The van der Waals surface area contributed by atoms with Gasteiger partial charge in [0.2, 0.25) is 0 Å². The molecule has 0 radical (unpaired) electrons. The highest BCUT2D eigenvalue weighted by Gasteiger charge is 2.35. The molecule has 162 valence electrons. The van der Waals surface area contributed by atoms with E-state index in [9.17, 15) is 18.0 Å². The van der Waals surface area contributed by atoms with Gasteiger partial charge in [-0.15, -0.1) is 0 Å². The average Bonchev–Trinajstić information content (AvgIpc) is 2.66. The largest absolute Gasteiger partial charge is 0.444 e. The number of nitrogens with zero attached hydrogens (tertiary/aromatic N) is 4. The van der Waals surface area contributed by atoms with Crippen LogP contribution in [0.15, 0.2) is 12.4 Å². The van der Waals surface area contributed by atoms with Gasteiger partial charge in [-0.2, -0.15) is 13.2 Å². The van der Waals surface area contributed by atoms with Gasteiger partial charge in [0.1, 0.15) is 23.4 Å². The molecule has 2 aliphatic rings. The lowest BCUT2D eigenvalue weighted by Gasteiger charge is -2.40. The van der Waals surface area contributed by atoms with Crippen LogP contribution in [0.1, 0.15) is 52.1 Å². The highest BCUT2D eigenvalue weighted by Crippen LogP contribution is 2.35. The number of amides is 1. The number of anilines is 1. The van der Waals surface area contributed by atoms with Crippen LogP contribution >= 0.6 is 0 Å². The Kier molecular flexibility index (Phi) is 6.24. The van der Waals surface area contributed by atoms with Gasteiger partial charge in [-0.25, -0.2) is 14.8 Å². The number of hydrogen-bond donors (Lipinski definition) is 0. The topological polar surface area (TPSA) is 58.6 Å². The van der Waals surface area contributed by atoms with Crippen LogP contribution in [0.4, 0.5) is 23.8 Å². The van der Waals surface area contributed by atoms with Crippen molar-refractivity contribution < 1.29 is 22.7 Å². The SMILES string of the molecule is CC(C)(C)OC(=O)N1CCC(C2CCN(c3cc(C(F)(F)F)ncn3)CC2)CC1. The highest BCUT2D eigenvalue weighted by atomic mass is 19.4. The Bertz CT molecular complexity index is 704. The summed E-state index contributed by atoms with van der Waals surface area (Å²) in [5.74, 6) is 1.40. The van der Waals surface area contributed by atoms with Crippen molar-refractivity contribution in [3.8, 4) is 0 Å². The van der Waals surface area contributed by atoms with Gasteiger partial charge >= 0.3 is 12.3 Å². The van der Waals surface area contributed by atoms with Crippen LogP contribution in [-0.2, 0) is 10.9 Å². The maximum atomic E-state index is 12.9. The van der Waals surface area contributed by atoms with Crippen LogP contribution in [0.2, 0.25) is 0 Å². The third kappa shape index (κ3) is 5.73. The minimum atomic E-state index is -4.46. The van der Waals surface area contributed by atoms with E-state index >= 15 is 0 Å². The van der Waals surface area contributed by atoms with Gasteiger partial charge in [-0.1, -0.05) is 0 Å². The molecule has 1 aromatic heterocycles. The Labute approximate surface area is 169 Å². The number of alkyl halides is 3. The molecule has 0 spiro atoms. The zero-order chi connectivity index (χ0) is 21.2. The van der Waals surface area contributed by atoms with Gasteiger partial charge in [0.05, 0.1) is 0 Å². The molecule has 0 saturated carbocycles. The molecule has 2 fully saturated rings. The molecule has 0 unspecified atom stereocenters. The second-order valence-corrected chi connectivity index (χ2v) is 8.89. The molecule has 0 N–H and O–H groups in total. The summed E-state index contributed by atoms with van der Waals surface area (Å²) in [4.78, 5) is 23.2. The molecular weight excluding hydrogens is 385 g/mol. The quantitative estimate of drug-likeness (QED) is 0.720. The van der Waals surface area contributed by atoms with E-state index < -0.39 is 17.5 Å².